The average molecular weight is 257 g/mol. The van der Waals surface area contributed by atoms with E-state index in [1.165, 1.54) is 24.3 Å². The van der Waals surface area contributed by atoms with Crippen LogP contribution in [0, 0.1) is 11.7 Å². The van der Waals surface area contributed by atoms with Gasteiger partial charge in [-0.3, -0.25) is 0 Å². The molecule has 0 saturated carbocycles. The van der Waals surface area contributed by atoms with Crippen molar-refractivity contribution in [2.45, 2.75) is 17.7 Å². The van der Waals surface area contributed by atoms with E-state index in [2.05, 4.69) is 5.32 Å². The molecule has 17 heavy (non-hydrogen) atoms. The molecule has 1 saturated heterocycles. The quantitative estimate of drug-likeness (QED) is 0.837. The molecule has 1 N–H and O–H groups in total. The second kappa shape index (κ2) is 5.14. The van der Waals surface area contributed by atoms with Crippen molar-refractivity contribution in [1.82, 2.24) is 5.32 Å². The van der Waals surface area contributed by atoms with Crippen LogP contribution in [0.5, 0.6) is 0 Å². The number of rotatable bonds is 3. The molecule has 1 aliphatic heterocycles. The Morgan fingerprint density at radius 1 is 1.18 bits per heavy atom. The lowest BCUT2D eigenvalue weighted by molar-refractivity contribution is 0.401. The summed E-state index contributed by atoms with van der Waals surface area (Å²) >= 11 is 0. The first-order valence-electron chi connectivity index (χ1n) is 5.77. The highest BCUT2D eigenvalue weighted by Crippen LogP contribution is 2.19. The fourth-order valence-electron chi connectivity index (χ4n) is 2.10. The summed E-state index contributed by atoms with van der Waals surface area (Å²) in [5.74, 6) is -0.0301. The first kappa shape index (κ1) is 12.5. The van der Waals surface area contributed by atoms with Crippen molar-refractivity contribution in [3.05, 3.63) is 30.1 Å². The van der Waals surface area contributed by atoms with Gasteiger partial charge < -0.3 is 5.32 Å². The summed E-state index contributed by atoms with van der Waals surface area (Å²) in [5.41, 5.74) is 0. The van der Waals surface area contributed by atoms with E-state index in [1.807, 2.05) is 0 Å². The van der Waals surface area contributed by atoms with Crippen LogP contribution in [0.4, 0.5) is 4.39 Å². The van der Waals surface area contributed by atoms with Crippen molar-refractivity contribution in [1.29, 1.82) is 0 Å². The van der Waals surface area contributed by atoms with Crippen molar-refractivity contribution >= 4 is 9.84 Å². The fraction of sp³-hybridized carbons (Fsp3) is 0.500. The van der Waals surface area contributed by atoms with Crippen LogP contribution in [0.25, 0.3) is 0 Å². The SMILES string of the molecule is O=S(=O)(CC1CCNCC1)c1ccc(F)cc1. The van der Waals surface area contributed by atoms with E-state index in [0.717, 1.165) is 25.9 Å². The lowest BCUT2D eigenvalue weighted by atomic mass is 10.0. The highest BCUT2D eigenvalue weighted by atomic mass is 32.2. The van der Waals surface area contributed by atoms with Crippen LogP contribution in [0.3, 0.4) is 0 Å². The molecule has 0 unspecified atom stereocenters. The van der Waals surface area contributed by atoms with Crippen LogP contribution >= 0.6 is 0 Å². The number of piperidine rings is 1. The van der Waals surface area contributed by atoms with Gasteiger partial charge in [0.05, 0.1) is 10.6 Å². The van der Waals surface area contributed by atoms with Crippen molar-refractivity contribution in [3.8, 4) is 0 Å². The third kappa shape index (κ3) is 3.26. The zero-order chi connectivity index (χ0) is 12.3. The zero-order valence-electron chi connectivity index (χ0n) is 9.52. The molecule has 0 aliphatic carbocycles. The number of benzene rings is 1. The van der Waals surface area contributed by atoms with Gasteiger partial charge in [0.25, 0.3) is 0 Å². The minimum absolute atomic E-state index is 0.167. The summed E-state index contributed by atoms with van der Waals surface area (Å²) in [6.45, 7) is 1.76. The normalized spacial score (nSPS) is 18.2. The first-order valence-corrected chi connectivity index (χ1v) is 7.42. The van der Waals surface area contributed by atoms with Gasteiger partial charge in [-0.05, 0) is 56.1 Å². The van der Waals surface area contributed by atoms with Gasteiger partial charge >= 0.3 is 0 Å². The fourth-order valence-corrected chi connectivity index (χ4v) is 3.79. The standard InChI is InChI=1S/C12H16FNO2S/c13-11-1-3-12(4-2-11)17(15,16)9-10-5-7-14-8-6-10/h1-4,10,14H,5-9H2. The topological polar surface area (TPSA) is 46.2 Å². The molecule has 0 atom stereocenters. The Morgan fingerprint density at radius 2 is 1.76 bits per heavy atom. The third-order valence-corrected chi connectivity index (χ3v) is 4.99. The summed E-state index contributed by atoms with van der Waals surface area (Å²) in [4.78, 5) is 0.220. The molecule has 94 valence electrons. The molecule has 0 spiro atoms. The van der Waals surface area contributed by atoms with Gasteiger partial charge in [0, 0.05) is 0 Å². The average Bonchev–Trinajstić information content (AvgIpc) is 2.30. The predicted molar refractivity (Wildman–Crippen MR) is 64.0 cm³/mol. The number of hydrogen-bond acceptors (Lipinski definition) is 3. The molecule has 2 rings (SSSR count). The highest BCUT2D eigenvalue weighted by Gasteiger charge is 2.22. The Hall–Kier alpha value is -0.940. The van der Waals surface area contributed by atoms with Crippen molar-refractivity contribution < 1.29 is 12.8 Å². The van der Waals surface area contributed by atoms with Crippen LogP contribution in [0.15, 0.2) is 29.2 Å². The maximum absolute atomic E-state index is 12.7. The Balaban J connectivity index is 2.10. The van der Waals surface area contributed by atoms with Gasteiger partial charge in [-0.15, -0.1) is 0 Å². The van der Waals surface area contributed by atoms with Crippen molar-refractivity contribution in [2.75, 3.05) is 18.8 Å². The minimum atomic E-state index is -3.27. The monoisotopic (exact) mass is 257 g/mol. The van der Waals surface area contributed by atoms with Crippen LogP contribution in [0.2, 0.25) is 0 Å². The Bertz CT molecular complexity index is 464. The van der Waals surface area contributed by atoms with Crippen LogP contribution in [-0.4, -0.2) is 27.3 Å². The van der Waals surface area contributed by atoms with Crippen molar-refractivity contribution in [2.24, 2.45) is 5.92 Å². The van der Waals surface area contributed by atoms with E-state index in [1.54, 1.807) is 0 Å². The van der Waals surface area contributed by atoms with E-state index in [-0.39, 0.29) is 16.6 Å². The molecular weight excluding hydrogens is 241 g/mol. The van der Waals surface area contributed by atoms with E-state index >= 15 is 0 Å². The van der Waals surface area contributed by atoms with Crippen LogP contribution in [-0.2, 0) is 9.84 Å². The molecule has 1 aliphatic rings. The summed E-state index contributed by atoms with van der Waals surface area (Å²) in [6, 6.07) is 5.06. The van der Waals surface area contributed by atoms with E-state index in [9.17, 15) is 12.8 Å². The summed E-state index contributed by atoms with van der Waals surface area (Å²) in [6.07, 6.45) is 1.78. The lowest BCUT2D eigenvalue weighted by Crippen LogP contribution is -2.31. The van der Waals surface area contributed by atoms with Gasteiger partial charge in [0.15, 0.2) is 9.84 Å². The van der Waals surface area contributed by atoms with Crippen LogP contribution in [0.1, 0.15) is 12.8 Å². The predicted octanol–water partition coefficient (Wildman–Crippen LogP) is 1.60. The summed E-state index contributed by atoms with van der Waals surface area (Å²) < 4.78 is 36.9. The number of nitrogens with one attached hydrogen (secondary N) is 1. The molecule has 0 bridgehead atoms. The summed E-state index contributed by atoms with van der Waals surface area (Å²) in [7, 11) is -3.27. The maximum atomic E-state index is 12.7. The molecule has 3 nitrogen and oxygen atoms in total. The molecule has 1 fully saturated rings. The number of halogens is 1. The Kier molecular flexibility index (Phi) is 3.79. The third-order valence-electron chi connectivity index (χ3n) is 3.09. The molecule has 0 radical (unpaired) electrons. The smallest absolute Gasteiger partial charge is 0.178 e. The highest BCUT2D eigenvalue weighted by molar-refractivity contribution is 7.91. The van der Waals surface area contributed by atoms with Crippen LogP contribution < -0.4 is 5.32 Å². The molecule has 1 aromatic rings. The van der Waals surface area contributed by atoms with Crippen molar-refractivity contribution in [3.63, 3.8) is 0 Å². The number of hydrogen-bond donors (Lipinski definition) is 1. The molecule has 5 heteroatoms. The first-order chi connectivity index (χ1) is 8.08. The Morgan fingerprint density at radius 3 is 2.35 bits per heavy atom. The second-order valence-corrected chi connectivity index (χ2v) is 6.46. The Labute approximate surface area is 101 Å². The lowest BCUT2D eigenvalue weighted by Gasteiger charge is -2.22. The number of sulfone groups is 1. The van der Waals surface area contributed by atoms with E-state index < -0.39 is 15.7 Å². The molecule has 1 heterocycles. The van der Waals surface area contributed by atoms with Gasteiger partial charge in [-0.25, -0.2) is 12.8 Å². The second-order valence-electron chi connectivity index (χ2n) is 4.43. The molecular formula is C12H16FNO2S. The molecule has 1 aromatic carbocycles. The van der Waals surface area contributed by atoms with E-state index in [0.29, 0.717) is 0 Å². The summed E-state index contributed by atoms with van der Waals surface area (Å²) in [5, 5.41) is 3.20. The molecule has 0 aromatic heterocycles. The van der Waals surface area contributed by atoms with Gasteiger partial charge in [0.2, 0.25) is 0 Å². The molecule has 0 amide bonds. The van der Waals surface area contributed by atoms with Gasteiger partial charge in [0.1, 0.15) is 5.82 Å². The van der Waals surface area contributed by atoms with Gasteiger partial charge in [-0.2, -0.15) is 0 Å². The minimum Gasteiger partial charge on any atom is -0.317 e. The van der Waals surface area contributed by atoms with E-state index in [4.69, 9.17) is 0 Å². The zero-order valence-corrected chi connectivity index (χ0v) is 10.3. The maximum Gasteiger partial charge on any atom is 0.178 e. The van der Waals surface area contributed by atoms with Gasteiger partial charge in [-0.1, -0.05) is 0 Å². The largest absolute Gasteiger partial charge is 0.317 e.